The second-order valence-electron chi connectivity index (χ2n) is 5.95. The summed E-state index contributed by atoms with van der Waals surface area (Å²) in [6.07, 6.45) is 8.72. The molecular formula is C14H27NS. The summed E-state index contributed by atoms with van der Waals surface area (Å²) in [5.74, 6) is 3.36. The number of hydrogen-bond acceptors (Lipinski definition) is 2. The lowest BCUT2D eigenvalue weighted by atomic mass is 9.81. The van der Waals surface area contributed by atoms with Gasteiger partial charge in [-0.05, 0) is 31.2 Å². The standard InChI is InChI=1S/C14H27NS/c1-11-3-5-13(6-4-11)7-8-15-14-9-12(2)16-10-14/h11-15H,3-10H2,1-2H3. The summed E-state index contributed by atoms with van der Waals surface area (Å²) in [5.41, 5.74) is 0. The van der Waals surface area contributed by atoms with Gasteiger partial charge in [-0.15, -0.1) is 0 Å². The molecule has 1 nitrogen and oxygen atoms in total. The van der Waals surface area contributed by atoms with Crippen molar-refractivity contribution >= 4 is 11.8 Å². The van der Waals surface area contributed by atoms with Crippen molar-refractivity contribution in [2.75, 3.05) is 12.3 Å². The lowest BCUT2D eigenvalue weighted by molar-refractivity contribution is 0.273. The highest BCUT2D eigenvalue weighted by atomic mass is 32.2. The van der Waals surface area contributed by atoms with Gasteiger partial charge in [-0.1, -0.05) is 39.5 Å². The summed E-state index contributed by atoms with van der Waals surface area (Å²) in [6, 6.07) is 0.808. The van der Waals surface area contributed by atoms with E-state index in [1.54, 1.807) is 0 Å². The fourth-order valence-corrected chi connectivity index (χ4v) is 4.25. The van der Waals surface area contributed by atoms with Crippen molar-refractivity contribution in [1.29, 1.82) is 0 Å². The molecule has 94 valence electrons. The first-order chi connectivity index (χ1) is 7.74. The van der Waals surface area contributed by atoms with Crippen LogP contribution in [0.15, 0.2) is 0 Å². The Bertz CT molecular complexity index is 199. The highest BCUT2D eigenvalue weighted by Crippen LogP contribution is 2.30. The summed E-state index contributed by atoms with van der Waals surface area (Å²) in [7, 11) is 0. The summed E-state index contributed by atoms with van der Waals surface area (Å²) in [6.45, 7) is 6.03. The third-order valence-corrected chi connectivity index (χ3v) is 5.68. The second-order valence-corrected chi connectivity index (χ2v) is 7.42. The van der Waals surface area contributed by atoms with Gasteiger partial charge in [-0.25, -0.2) is 0 Å². The van der Waals surface area contributed by atoms with Crippen LogP contribution in [0.2, 0.25) is 0 Å². The van der Waals surface area contributed by atoms with E-state index in [0.717, 1.165) is 23.1 Å². The Hall–Kier alpha value is 0.310. The van der Waals surface area contributed by atoms with Gasteiger partial charge in [0.15, 0.2) is 0 Å². The second kappa shape index (κ2) is 6.30. The molecule has 0 aromatic rings. The van der Waals surface area contributed by atoms with Gasteiger partial charge in [0.1, 0.15) is 0 Å². The number of thioether (sulfide) groups is 1. The first-order valence-corrected chi connectivity index (χ1v) is 8.14. The van der Waals surface area contributed by atoms with E-state index in [1.165, 1.54) is 50.8 Å². The predicted molar refractivity (Wildman–Crippen MR) is 74.1 cm³/mol. The van der Waals surface area contributed by atoms with E-state index < -0.39 is 0 Å². The molecule has 0 radical (unpaired) electrons. The van der Waals surface area contributed by atoms with Crippen molar-refractivity contribution in [3.05, 3.63) is 0 Å². The Balaban J connectivity index is 1.54. The maximum atomic E-state index is 3.75. The van der Waals surface area contributed by atoms with Gasteiger partial charge in [0.2, 0.25) is 0 Å². The fourth-order valence-electron chi connectivity index (χ4n) is 3.07. The minimum Gasteiger partial charge on any atom is -0.313 e. The normalized spacial score (nSPS) is 40.1. The Kier molecular flexibility index (Phi) is 5.02. The Morgan fingerprint density at radius 1 is 1.12 bits per heavy atom. The van der Waals surface area contributed by atoms with Crippen molar-refractivity contribution in [2.45, 2.75) is 63.7 Å². The number of nitrogens with one attached hydrogen (secondary N) is 1. The van der Waals surface area contributed by atoms with Gasteiger partial charge in [0.25, 0.3) is 0 Å². The van der Waals surface area contributed by atoms with E-state index in [4.69, 9.17) is 0 Å². The van der Waals surface area contributed by atoms with E-state index in [0.29, 0.717) is 0 Å². The summed E-state index contributed by atoms with van der Waals surface area (Å²) in [5, 5.41) is 4.63. The largest absolute Gasteiger partial charge is 0.313 e. The van der Waals surface area contributed by atoms with Crippen LogP contribution in [0.4, 0.5) is 0 Å². The molecule has 2 unspecified atom stereocenters. The van der Waals surface area contributed by atoms with Crippen LogP contribution in [0.1, 0.15) is 52.4 Å². The SMILES string of the molecule is CC1CCC(CCNC2CSC(C)C2)CC1. The summed E-state index contributed by atoms with van der Waals surface area (Å²) >= 11 is 2.13. The van der Waals surface area contributed by atoms with E-state index in [2.05, 4.69) is 30.9 Å². The molecule has 2 rings (SSSR count). The fraction of sp³-hybridized carbons (Fsp3) is 1.00. The van der Waals surface area contributed by atoms with Gasteiger partial charge >= 0.3 is 0 Å². The molecule has 1 N–H and O–H groups in total. The van der Waals surface area contributed by atoms with Gasteiger partial charge < -0.3 is 5.32 Å². The average molecular weight is 241 g/mol. The third kappa shape index (κ3) is 3.96. The predicted octanol–water partition coefficient (Wildman–Crippen LogP) is 3.69. The van der Waals surface area contributed by atoms with Crippen LogP contribution >= 0.6 is 11.8 Å². The van der Waals surface area contributed by atoms with Crippen LogP contribution in [0.5, 0.6) is 0 Å². The smallest absolute Gasteiger partial charge is 0.0168 e. The molecular weight excluding hydrogens is 214 g/mol. The van der Waals surface area contributed by atoms with Crippen LogP contribution < -0.4 is 5.32 Å². The minimum atomic E-state index is 0.808. The zero-order valence-electron chi connectivity index (χ0n) is 10.9. The molecule has 2 aliphatic rings. The Morgan fingerprint density at radius 2 is 1.88 bits per heavy atom. The minimum absolute atomic E-state index is 0.808. The van der Waals surface area contributed by atoms with Crippen molar-refractivity contribution in [2.24, 2.45) is 11.8 Å². The molecule has 1 saturated heterocycles. The summed E-state index contributed by atoms with van der Waals surface area (Å²) in [4.78, 5) is 0. The molecule has 0 aromatic carbocycles. The van der Waals surface area contributed by atoms with Crippen LogP contribution in [0, 0.1) is 11.8 Å². The highest BCUT2D eigenvalue weighted by molar-refractivity contribution is 8.00. The third-order valence-electron chi connectivity index (χ3n) is 4.32. The van der Waals surface area contributed by atoms with Crippen molar-refractivity contribution in [3.63, 3.8) is 0 Å². The van der Waals surface area contributed by atoms with Gasteiger partial charge in [0.05, 0.1) is 0 Å². The maximum Gasteiger partial charge on any atom is 0.0168 e. The zero-order chi connectivity index (χ0) is 11.4. The highest BCUT2D eigenvalue weighted by Gasteiger charge is 2.22. The number of hydrogen-bond donors (Lipinski definition) is 1. The molecule has 2 fully saturated rings. The van der Waals surface area contributed by atoms with Gasteiger partial charge in [-0.2, -0.15) is 11.8 Å². The van der Waals surface area contributed by atoms with E-state index in [1.807, 2.05) is 0 Å². The van der Waals surface area contributed by atoms with Crippen LogP contribution in [-0.2, 0) is 0 Å². The quantitative estimate of drug-likeness (QED) is 0.805. The van der Waals surface area contributed by atoms with Gasteiger partial charge in [-0.3, -0.25) is 0 Å². The monoisotopic (exact) mass is 241 g/mol. The lowest BCUT2D eigenvalue weighted by Gasteiger charge is -2.26. The summed E-state index contributed by atoms with van der Waals surface area (Å²) < 4.78 is 0. The van der Waals surface area contributed by atoms with E-state index >= 15 is 0 Å². The Labute approximate surface area is 105 Å². The molecule has 1 aliphatic heterocycles. The zero-order valence-corrected chi connectivity index (χ0v) is 11.7. The molecule has 1 saturated carbocycles. The topological polar surface area (TPSA) is 12.0 Å². The lowest BCUT2D eigenvalue weighted by Crippen LogP contribution is -2.31. The maximum absolute atomic E-state index is 3.75. The number of rotatable bonds is 4. The van der Waals surface area contributed by atoms with Crippen molar-refractivity contribution in [1.82, 2.24) is 5.32 Å². The molecule has 0 amide bonds. The van der Waals surface area contributed by atoms with Gasteiger partial charge in [0, 0.05) is 17.0 Å². The molecule has 16 heavy (non-hydrogen) atoms. The molecule has 2 heteroatoms. The van der Waals surface area contributed by atoms with Crippen LogP contribution in [0.25, 0.3) is 0 Å². The molecule has 0 bridgehead atoms. The first kappa shape index (κ1) is 12.8. The molecule has 1 aliphatic carbocycles. The Morgan fingerprint density at radius 3 is 2.50 bits per heavy atom. The van der Waals surface area contributed by atoms with Crippen LogP contribution in [0.3, 0.4) is 0 Å². The van der Waals surface area contributed by atoms with E-state index in [-0.39, 0.29) is 0 Å². The molecule has 0 spiro atoms. The average Bonchev–Trinajstić information content (AvgIpc) is 2.67. The molecule has 2 atom stereocenters. The van der Waals surface area contributed by atoms with Crippen molar-refractivity contribution < 1.29 is 0 Å². The molecule has 1 heterocycles. The van der Waals surface area contributed by atoms with E-state index in [9.17, 15) is 0 Å². The molecule has 0 aromatic heterocycles. The van der Waals surface area contributed by atoms with Crippen molar-refractivity contribution in [3.8, 4) is 0 Å². The van der Waals surface area contributed by atoms with Crippen LogP contribution in [-0.4, -0.2) is 23.6 Å². The first-order valence-electron chi connectivity index (χ1n) is 7.09.